The normalized spacial score (nSPS) is 21.1. The zero-order valence-corrected chi connectivity index (χ0v) is 11.5. The summed E-state index contributed by atoms with van der Waals surface area (Å²) in [5.41, 5.74) is 2.25. The number of hydrogen-bond donors (Lipinski definition) is 1. The lowest BCUT2D eigenvalue weighted by Gasteiger charge is -2.17. The molecule has 2 rings (SSSR count). The van der Waals surface area contributed by atoms with E-state index in [2.05, 4.69) is 22.4 Å². The molecule has 2 atom stereocenters. The standard InChI is InChI=1S/C15H24N2O/c1-12-6-3-10-15(17-12)14(16-2)9-4-7-13-8-5-11-18-13/h3,6,10,13-14,16H,4-5,7-9,11H2,1-2H3. The lowest BCUT2D eigenvalue weighted by molar-refractivity contribution is 0.101. The minimum Gasteiger partial charge on any atom is -0.378 e. The maximum atomic E-state index is 5.66. The fraction of sp³-hybridized carbons (Fsp3) is 0.667. The Kier molecular flexibility index (Phi) is 5.14. The molecule has 100 valence electrons. The molecule has 1 aliphatic rings. The van der Waals surface area contributed by atoms with Crippen molar-refractivity contribution < 1.29 is 4.74 Å². The van der Waals surface area contributed by atoms with Crippen LogP contribution in [0.5, 0.6) is 0 Å². The van der Waals surface area contributed by atoms with E-state index in [1.165, 1.54) is 25.7 Å². The molecule has 0 amide bonds. The Balaban J connectivity index is 1.81. The van der Waals surface area contributed by atoms with Crippen LogP contribution >= 0.6 is 0 Å². The zero-order valence-electron chi connectivity index (χ0n) is 11.5. The van der Waals surface area contributed by atoms with Gasteiger partial charge in [-0.2, -0.15) is 0 Å². The molecule has 1 fully saturated rings. The molecule has 1 aliphatic heterocycles. The van der Waals surface area contributed by atoms with Gasteiger partial charge in [-0.1, -0.05) is 6.07 Å². The number of aryl methyl sites for hydroxylation is 1. The first-order valence-electron chi connectivity index (χ1n) is 7.02. The van der Waals surface area contributed by atoms with Gasteiger partial charge in [0.05, 0.1) is 11.8 Å². The van der Waals surface area contributed by atoms with Gasteiger partial charge in [-0.15, -0.1) is 0 Å². The smallest absolute Gasteiger partial charge is 0.0576 e. The highest BCUT2D eigenvalue weighted by molar-refractivity contribution is 5.13. The molecule has 0 spiro atoms. The fourth-order valence-corrected chi connectivity index (χ4v) is 2.62. The van der Waals surface area contributed by atoms with E-state index < -0.39 is 0 Å². The molecule has 0 radical (unpaired) electrons. The van der Waals surface area contributed by atoms with Crippen molar-refractivity contribution in [1.82, 2.24) is 10.3 Å². The summed E-state index contributed by atoms with van der Waals surface area (Å²) < 4.78 is 5.66. The lowest BCUT2D eigenvalue weighted by Crippen LogP contribution is -2.18. The highest BCUT2D eigenvalue weighted by atomic mass is 16.5. The van der Waals surface area contributed by atoms with E-state index in [9.17, 15) is 0 Å². The van der Waals surface area contributed by atoms with Crippen molar-refractivity contribution in [3.63, 3.8) is 0 Å². The van der Waals surface area contributed by atoms with Gasteiger partial charge in [-0.25, -0.2) is 0 Å². The lowest BCUT2D eigenvalue weighted by atomic mass is 10.0. The minimum atomic E-state index is 0.367. The van der Waals surface area contributed by atoms with E-state index in [1.807, 2.05) is 20.0 Å². The van der Waals surface area contributed by atoms with Crippen LogP contribution in [0.1, 0.15) is 49.5 Å². The molecule has 0 bridgehead atoms. The number of aromatic nitrogens is 1. The summed E-state index contributed by atoms with van der Waals surface area (Å²) in [4.78, 5) is 4.60. The zero-order chi connectivity index (χ0) is 12.8. The van der Waals surface area contributed by atoms with Crippen LogP contribution in [0.25, 0.3) is 0 Å². The van der Waals surface area contributed by atoms with E-state index in [1.54, 1.807) is 0 Å². The molecule has 2 unspecified atom stereocenters. The number of ether oxygens (including phenoxy) is 1. The quantitative estimate of drug-likeness (QED) is 0.840. The van der Waals surface area contributed by atoms with Gasteiger partial charge in [0.2, 0.25) is 0 Å². The third-order valence-corrected chi connectivity index (χ3v) is 3.66. The van der Waals surface area contributed by atoms with Gasteiger partial charge in [-0.05, 0) is 58.2 Å². The largest absolute Gasteiger partial charge is 0.378 e. The molecule has 0 aromatic carbocycles. The maximum Gasteiger partial charge on any atom is 0.0576 e. The summed E-state index contributed by atoms with van der Waals surface area (Å²) in [5.74, 6) is 0. The summed E-state index contributed by atoms with van der Waals surface area (Å²) in [6.07, 6.45) is 6.50. The Bertz CT molecular complexity index is 361. The van der Waals surface area contributed by atoms with E-state index in [0.29, 0.717) is 12.1 Å². The SMILES string of the molecule is CNC(CCCC1CCCO1)c1cccc(C)n1. The van der Waals surface area contributed by atoms with Crippen molar-refractivity contribution in [3.8, 4) is 0 Å². The van der Waals surface area contributed by atoms with Gasteiger partial charge < -0.3 is 10.1 Å². The summed E-state index contributed by atoms with van der Waals surface area (Å²) in [7, 11) is 2.01. The second-order valence-electron chi connectivity index (χ2n) is 5.11. The summed E-state index contributed by atoms with van der Waals surface area (Å²) >= 11 is 0. The third-order valence-electron chi connectivity index (χ3n) is 3.66. The van der Waals surface area contributed by atoms with Crippen LogP contribution in [0.3, 0.4) is 0 Å². The first kappa shape index (κ1) is 13.5. The van der Waals surface area contributed by atoms with Crippen LogP contribution in [0.4, 0.5) is 0 Å². The Morgan fingerprint density at radius 2 is 2.39 bits per heavy atom. The van der Waals surface area contributed by atoms with Gasteiger partial charge in [0.25, 0.3) is 0 Å². The summed E-state index contributed by atoms with van der Waals surface area (Å²) in [5, 5.41) is 3.37. The van der Waals surface area contributed by atoms with Crippen molar-refractivity contribution in [1.29, 1.82) is 0 Å². The van der Waals surface area contributed by atoms with E-state index in [-0.39, 0.29) is 0 Å². The Labute approximate surface area is 110 Å². The second-order valence-corrected chi connectivity index (χ2v) is 5.11. The highest BCUT2D eigenvalue weighted by Crippen LogP contribution is 2.22. The number of pyridine rings is 1. The average molecular weight is 248 g/mol. The van der Waals surface area contributed by atoms with Crippen LogP contribution in [-0.2, 0) is 4.74 Å². The highest BCUT2D eigenvalue weighted by Gasteiger charge is 2.16. The molecule has 2 heterocycles. The molecule has 3 heteroatoms. The van der Waals surface area contributed by atoms with Crippen molar-refractivity contribution in [2.45, 2.75) is 51.2 Å². The van der Waals surface area contributed by atoms with E-state index in [0.717, 1.165) is 24.4 Å². The molecule has 1 N–H and O–H groups in total. The Morgan fingerprint density at radius 1 is 1.50 bits per heavy atom. The second kappa shape index (κ2) is 6.86. The molecular formula is C15H24N2O. The number of hydrogen-bond acceptors (Lipinski definition) is 3. The molecule has 1 aromatic heterocycles. The Morgan fingerprint density at radius 3 is 3.06 bits per heavy atom. The van der Waals surface area contributed by atoms with Crippen LogP contribution in [0.2, 0.25) is 0 Å². The Hall–Kier alpha value is -0.930. The summed E-state index contributed by atoms with van der Waals surface area (Å²) in [6, 6.07) is 6.61. The number of nitrogens with one attached hydrogen (secondary N) is 1. The van der Waals surface area contributed by atoms with Gasteiger partial charge in [0.1, 0.15) is 0 Å². The van der Waals surface area contributed by atoms with Gasteiger partial charge in [-0.3, -0.25) is 4.98 Å². The van der Waals surface area contributed by atoms with Crippen LogP contribution in [-0.4, -0.2) is 24.7 Å². The molecule has 18 heavy (non-hydrogen) atoms. The van der Waals surface area contributed by atoms with Crippen molar-refractivity contribution in [3.05, 3.63) is 29.6 Å². The topological polar surface area (TPSA) is 34.1 Å². The monoisotopic (exact) mass is 248 g/mol. The van der Waals surface area contributed by atoms with Crippen LogP contribution < -0.4 is 5.32 Å². The number of rotatable bonds is 6. The van der Waals surface area contributed by atoms with Gasteiger partial charge in [0.15, 0.2) is 0 Å². The van der Waals surface area contributed by atoms with E-state index in [4.69, 9.17) is 4.74 Å². The molecular weight excluding hydrogens is 224 g/mol. The van der Waals surface area contributed by atoms with Crippen molar-refractivity contribution >= 4 is 0 Å². The first-order valence-corrected chi connectivity index (χ1v) is 7.02. The van der Waals surface area contributed by atoms with Crippen molar-refractivity contribution in [2.75, 3.05) is 13.7 Å². The first-order chi connectivity index (χ1) is 8.79. The van der Waals surface area contributed by atoms with Crippen molar-refractivity contribution in [2.24, 2.45) is 0 Å². The van der Waals surface area contributed by atoms with Crippen LogP contribution in [0.15, 0.2) is 18.2 Å². The van der Waals surface area contributed by atoms with Gasteiger partial charge in [0, 0.05) is 18.3 Å². The predicted octanol–water partition coefficient (Wildman–Crippen LogP) is 3.00. The predicted molar refractivity (Wildman–Crippen MR) is 73.6 cm³/mol. The molecule has 1 aromatic rings. The van der Waals surface area contributed by atoms with E-state index >= 15 is 0 Å². The van der Waals surface area contributed by atoms with Gasteiger partial charge >= 0.3 is 0 Å². The maximum absolute atomic E-state index is 5.66. The molecule has 0 aliphatic carbocycles. The fourth-order valence-electron chi connectivity index (χ4n) is 2.62. The minimum absolute atomic E-state index is 0.367. The molecule has 3 nitrogen and oxygen atoms in total. The molecule has 0 saturated carbocycles. The third kappa shape index (κ3) is 3.79. The summed E-state index contributed by atoms with van der Waals surface area (Å²) in [6.45, 7) is 3.00. The average Bonchev–Trinajstić information content (AvgIpc) is 2.88. The van der Waals surface area contributed by atoms with Crippen LogP contribution in [0, 0.1) is 6.92 Å². The molecule has 1 saturated heterocycles. The number of nitrogens with zero attached hydrogens (tertiary/aromatic N) is 1.